The fraction of sp³-hybridized carbons (Fsp3) is 0.500. The molecule has 2 rings (SSSR count). The lowest BCUT2D eigenvalue weighted by atomic mass is 10.0. The van der Waals surface area contributed by atoms with Gasteiger partial charge in [-0.3, -0.25) is 4.79 Å². The maximum atomic E-state index is 12.0. The van der Waals surface area contributed by atoms with E-state index in [1.165, 1.54) is 0 Å². The van der Waals surface area contributed by atoms with Gasteiger partial charge in [-0.1, -0.05) is 42.6 Å². The van der Waals surface area contributed by atoms with E-state index in [4.69, 9.17) is 0 Å². The van der Waals surface area contributed by atoms with Crippen molar-refractivity contribution in [3.8, 4) is 0 Å². The van der Waals surface area contributed by atoms with Crippen molar-refractivity contribution < 1.29 is 4.79 Å². The first-order valence-corrected chi connectivity index (χ1v) is 7.03. The van der Waals surface area contributed by atoms with Crippen LogP contribution < -0.4 is 4.90 Å². The molecule has 17 heavy (non-hydrogen) atoms. The largest absolute Gasteiger partial charge is 0.312 e. The Kier molecular flexibility index (Phi) is 3.87. The third-order valence-electron chi connectivity index (χ3n) is 3.57. The van der Waals surface area contributed by atoms with E-state index >= 15 is 0 Å². The molecule has 2 nitrogen and oxygen atoms in total. The highest BCUT2D eigenvalue weighted by Crippen LogP contribution is 2.32. The molecule has 1 aromatic rings. The Balaban J connectivity index is 2.22. The zero-order valence-corrected chi connectivity index (χ0v) is 12.0. The molecule has 1 heterocycles. The Bertz CT molecular complexity index is 426. The molecule has 0 aliphatic carbocycles. The van der Waals surface area contributed by atoms with Crippen LogP contribution >= 0.6 is 15.9 Å². The van der Waals surface area contributed by atoms with Gasteiger partial charge in [-0.25, -0.2) is 0 Å². The molecule has 0 N–H and O–H groups in total. The summed E-state index contributed by atoms with van der Waals surface area (Å²) in [5, 5.41) is 0. The van der Waals surface area contributed by atoms with Gasteiger partial charge in [-0.15, -0.1) is 0 Å². The van der Waals surface area contributed by atoms with Crippen molar-refractivity contribution in [3.05, 3.63) is 28.2 Å². The van der Waals surface area contributed by atoms with Gasteiger partial charge in [0.25, 0.3) is 0 Å². The van der Waals surface area contributed by atoms with E-state index in [9.17, 15) is 4.79 Å². The topological polar surface area (TPSA) is 20.3 Å². The van der Waals surface area contributed by atoms with Crippen molar-refractivity contribution in [1.29, 1.82) is 0 Å². The Morgan fingerprint density at radius 2 is 2.06 bits per heavy atom. The predicted molar refractivity (Wildman–Crippen MR) is 74.3 cm³/mol. The molecule has 0 saturated heterocycles. The lowest BCUT2D eigenvalue weighted by molar-refractivity contribution is -0.117. The minimum atomic E-state index is 0.241. The fourth-order valence-electron chi connectivity index (χ4n) is 2.36. The van der Waals surface area contributed by atoms with Gasteiger partial charge in [-0.05, 0) is 29.7 Å². The second kappa shape index (κ2) is 5.21. The van der Waals surface area contributed by atoms with Gasteiger partial charge in [-0.2, -0.15) is 0 Å². The maximum Gasteiger partial charge on any atom is 0.231 e. The molecule has 1 aliphatic heterocycles. The molecule has 92 valence electrons. The summed E-state index contributed by atoms with van der Waals surface area (Å²) in [5.41, 5.74) is 2.25. The molecule has 0 spiro atoms. The van der Waals surface area contributed by atoms with E-state index < -0.39 is 0 Å². The number of carbonyl (C=O) groups is 1. The minimum absolute atomic E-state index is 0.241. The molecular weight excluding hydrogens is 278 g/mol. The van der Waals surface area contributed by atoms with Crippen LogP contribution in [0.1, 0.15) is 32.3 Å². The lowest BCUT2D eigenvalue weighted by Crippen LogP contribution is -2.31. The van der Waals surface area contributed by atoms with Gasteiger partial charge in [0.1, 0.15) is 0 Å². The van der Waals surface area contributed by atoms with Gasteiger partial charge < -0.3 is 4.90 Å². The van der Waals surface area contributed by atoms with Crippen molar-refractivity contribution in [2.24, 2.45) is 5.92 Å². The summed E-state index contributed by atoms with van der Waals surface area (Å²) in [7, 11) is 0. The van der Waals surface area contributed by atoms with E-state index in [2.05, 4.69) is 35.8 Å². The smallest absolute Gasteiger partial charge is 0.231 e. The summed E-state index contributed by atoms with van der Waals surface area (Å²) in [6.07, 6.45) is 2.81. The molecule has 0 aromatic heterocycles. The number of carbonyl (C=O) groups excluding carboxylic acids is 1. The SMILES string of the molecule is CCC(CC)CN1C(=O)Cc2cc(Br)ccc21. The Hall–Kier alpha value is -0.830. The first-order chi connectivity index (χ1) is 8.15. The molecule has 0 saturated carbocycles. The van der Waals surface area contributed by atoms with Crippen LogP contribution in [0.2, 0.25) is 0 Å². The van der Waals surface area contributed by atoms with Crippen LogP contribution in [0.25, 0.3) is 0 Å². The molecule has 0 bridgehead atoms. The number of amides is 1. The molecule has 0 unspecified atom stereocenters. The highest BCUT2D eigenvalue weighted by molar-refractivity contribution is 9.10. The highest BCUT2D eigenvalue weighted by atomic mass is 79.9. The number of hydrogen-bond acceptors (Lipinski definition) is 1. The van der Waals surface area contributed by atoms with Crippen LogP contribution in [0, 0.1) is 5.92 Å². The van der Waals surface area contributed by atoms with Crippen molar-refractivity contribution in [1.82, 2.24) is 0 Å². The monoisotopic (exact) mass is 295 g/mol. The van der Waals surface area contributed by atoms with Crippen molar-refractivity contribution >= 4 is 27.5 Å². The van der Waals surface area contributed by atoms with Crippen LogP contribution in [-0.4, -0.2) is 12.5 Å². The molecule has 0 fully saturated rings. The number of rotatable bonds is 4. The summed E-state index contributed by atoms with van der Waals surface area (Å²) in [4.78, 5) is 14.0. The average Bonchev–Trinajstić information content (AvgIpc) is 2.61. The zero-order valence-electron chi connectivity index (χ0n) is 10.4. The number of nitrogens with zero attached hydrogens (tertiary/aromatic N) is 1. The highest BCUT2D eigenvalue weighted by Gasteiger charge is 2.28. The number of halogens is 1. The predicted octanol–water partition coefficient (Wildman–Crippen LogP) is 3.77. The first kappa shape index (κ1) is 12.6. The zero-order chi connectivity index (χ0) is 12.4. The fourth-order valence-corrected chi connectivity index (χ4v) is 2.77. The van der Waals surface area contributed by atoms with E-state index in [1.807, 2.05) is 17.0 Å². The molecular formula is C14H18BrNO. The number of anilines is 1. The Morgan fingerprint density at radius 3 is 2.71 bits per heavy atom. The van der Waals surface area contributed by atoms with E-state index in [0.29, 0.717) is 12.3 Å². The molecule has 1 aromatic carbocycles. The van der Waals surface area contributed by atoms with Gasteiger partial charge in [0, 0.05) is 16.7 Å². The Labute approximate surface area is 111 Å². The molecule has 0 atom stereocenters. The summed E-state index contributed by atoms with van der Waals surface area (Å²) in [5.74, 6) is 0.846. The van der Waals surface area contributed by atoms with Gasteiger partial charge in [0.15, 0.2) is 0 Å². The third-order valence-corrected chi connectivity index (χ3v) is 4.06. The Morgan fingerprint density at radius 1 is 1.35 bits per heavy atom. The van der Waals surface area contributed by atoms with Crippen molar-refractivity contribution in [2.45, 2.75) is 33.1 Å². The summed E-state index contributed by atoms with van der Waals surface area (Å²) in [6.45, 7) is 5.24. The standard InChI is InChI=1S/C14H18BrNO/c1-3-10(4-2)9-16-13-6-5-12(15)7-11(13)8-14(16)17/h5-7,10H,3-4,8-9H2,1-2H3. The summed E-state index contributed by atoms with van der Waals surface area (Å²) >= 11 is 3.45. The quantitative estimate of drug-likeness (QED) is 0.828. The first-order valence-electron chi connectivity index (χ1n) is 6.24. The molecule has 3 heteroatoms. The average molecular weight is 296 g/mol. The van der Waals surface area contributed by atoms with Crippen LogP contribution in [-0.2, 0) is 11.2 Å². The van der Waals surface area contributed by atoms with Crippen LogP contribution in [0.3, 0.4) is 0 Å². The second-order valence-corrected chi connectivity index (χ2v) is 5.55. The van der Waals surface area contributed by atoms with E-state index in [1.54, 1.807) is 0 Å². The lowest BCUT2D eigenvalue weighted by Gasteiger charge is -2.22. The summed E-state index contributed by atoms with van der Waals surface area (Å²) < 4.78 is 1.05. The normalized spacial score (nSPS) is 14.6. The second-order valence-electron chi connectivity index (χ2n) is 4.64. The minimum Gasteiger partial charge on any atom is -0.312 e. The van der Waals surface area contributed by atoms with Gasteiger partial charge in [0.2, 0.25) is 5.91 Å². The van der Waals surface area contributed by atoms with Crippen molar-refractivity contribution in [3.63, 3.8) is 0 Å². The maximum absolute atomic E-state index is 12.0. The molecule has 1 aliphatic rings. The van der Waals surface area contributed by atoms with Crippen LogP contribution in [0.4, 0.5) is 5.69 Å². The number of hydrogen-bond donors (Lipinski definition) is 0. The van der Waals surface area contributed by atoms with Crippen LogP contribution in [0.5, 0.6) is 0 Å². The van der Waals surface area contributed by atoms with Gasteiger partial charge >= 0.3 is 0 Å². The number of benzene rings is 1. The third kappa shape index (κ3) is 2.54. The van der Waals surface area contributed by atoms with Gasteiger partial charge in [0.05, 0.1) is 6.42 Å². The van der Waals surface area contributed by atoms with Crippen molar-refractivity contribution in [2.75, 3.05) is 11.4 Å². The molecule has 0 radical (unpaired) electrons. The molecule has 1 amide bonds. The number of fused-ring (bicyclic) bond motifs is 1. The van der Waals surface area contributed by atoms with E-state index in [0.717, 1.165) is 35.1 Å². The van der Waals surface area contributed by atoms with E-state index in [-0.39, 0.29) is 5.91 Å². The summed E-state index contributed by atoms with van der Waals surface area (Å²) in [6, 6.07) is 6.12. The van der Waals surface area contributed by atoms with Crippen LogP contribution in [0.15, 0.2) is 22.7 Å².